The molecule has 1 aliphatic carbocycles. The van der Waals surface area contributed by atoms with Crippen LogP contribution in [0.2, 0.25) is 0 Å². The van der Waals surface area contributed by atoms with Crippen LogP contribution >= 0.6 is 11.3 Å². The Hall–Kier alpha value is -2.34. The van der Waals surface area contributed by atoms with Crippen LogP contribution in [0.15, 0.2) is 35.0 Å². The number of carbonyl (C=O) groups is 1. The Morgan fingerprint density at radius 1 is 1.32 bits per heavy atom. The van der Waals surface area contributed by atoms with Crippen molar-refractivity contribution >= 4 is 34.1 Å². The van der Waals surface area contributed by atoms with Crippen molar-refractivity contribution in [1.82, 2.24) is 15.5 Å². The molecule has 0 radical (unpaired) electrons. The number of fused-ring (bicyclic) bond motifs is 1. The summed E-state index contributed by atoms with van der Waals surface area (Å²) in [6.45, 7) is 0.747. The number of amides is 2. The van der Waals surface area contributed by atoms with E-state index in [1.165, 1.54) is 18.4 Å². The molecule has 0 bridgehead atoms. The number of anilines is 1. The molecule has 2 heterocycles. The molecule has 5 nitrogen and oxygen atoms in total. The van der Waals surface area contributed by atoms with E-state index in [0.29, 0.717) is 11.7 Å². The van der Waals surface area contributed by atoms with Crippen LogP contribution in [-0.4, -0.2) is 22.8 Å². The molecule has 0 unspecified atom stereocenters. The summed E-state index contributed by atoms with van der Waals surface area (Å²) in [7, 11) is 0. The number of benzene rings is 1. The lowest BCUT2D eigenvalue weighted by atomic mass is 10.1. The summed E-state index contributed by atoms with van der Waals surface area (Å²) < 4.78 is 0. The van der Waals surface area contributed by atoms with Gasteiger partial charge < -0.3 is 5.32 Å². The molecule has 1 aliphatic rings. The van der Waals surface area contributed by atoms with Crippen molar-refractivity contribution in [3.63, 3.8) is 0 Å². The van der Waals surface area contributed by atoms with E-state index < -0.39 is 0 Å². The zero-order valence-electron chi connectivity index (χ0n) is 11.9. The van der Waals surface area contributed by atoms with Gasteiger partial charge in [-0.2, -0.15) is 16.4 Å². The van der Waals surface area contributed by atoms with Crippen LogP contribution in [0.3, 0.4) is 0 Å². The van der Waals surface area contributed by atoms with Gasteiger partial charge in [0.1, 0.15) is 0 Å². The van der Waals surface area contributed by atoms with Crippen molar-refractivity contribution in [2.24, 2.45) is 5.92 Å². The van der Waals surface area contributed by atoms with E-state index in [1.54, 1.807) is 11.3 Å². The molecule has 4 rings (SSSR count). The van der Waals surface area contributed by atoms with Gasteiger partial charge in [-0.05, 0) is 58.8 Å². The highest BCUT2D eigenvalue weighted by atomic mass is 32.1. The molecule has 1 aromatic carbocycles. The van der Waals surface area contributed by atoms with Gasteiger partial charge in [0.15, 0.2) is 5.82 Å². The molecule has 3 aromatic rings. The smallest absolute Gasteiger partial charge is 0.320 e. The standard InChI is InChI=1S/C16H16N4OS/c21-16(17-8-10-1-2-10)18-15-13-4-3-11(7-14(13)19-20-15)12-5-6-22-9-12/h3-7,9-10H,1-2,8H2,(H3,17,18,19,20,21). The van der Waals surface area contributed by atoms with E-state index in [2.05, 4.69) is 43.7 Å². The largest absolute Gasteiger partial charge is 0.338 e. The van der Waals surface area contributed by atoms with Crippen LogP contribution in [-0.2, 0) is 0 Å². The van der Waals surface area contributed by atoms with E-state index in [9.17, 15) is 4.79 Å². The first-order chi connectivity index (χ1) is 10.8. The van der Waals surface area contributed by atoms with Crippen molar-refractivity contribution in [1.29, 1.82) is 0 Å². The zero-order valence-corrected chi connectivity index (χ0v) is 12.7. The number of urea groups is 1. The number of aromatic amines is 1. The van der Waals surface area contributed by atoms with Crippen LogP contribution < -0.4 is 10.6 Å². The number of rotatable bonds is 4. The molecule has 3 N–H and O–H groups in total. The number of hydrogen-bond donors (Lipinski definition) is 3. The second kappa shape index (κ2) is 5.46. The summed E-state index contributed by atoms with van der Waals surface area (Å²) in [5, 5.41) is 18.0. The molecule has 0 aliphatic heterocycles. The lowest BCUT2D eigenvalue weighted by molar-refractivity contribution is 0.251. The number of hydrogen-bond acceptors (Lipinski definition) is 3. The maximum absolute atomic E-state index is 11.9. The number of aromatic nitrogens is 2. The number of nitrogens with zero attached hydrogens (tertiary/aromatic N) is 1. The summed E-state index contributed by atoms with van der Waals surface area (Å²) in [4.78, 5) is 11.9. The lowest BCUT2D eigenvalue weighted by Crippen LogP contribution is -2.30. The summed E-state index contributed by atoms with van der Waals surface area (Å²) in [6.07, 6.45) is 2.44. The number of H-pyrrole nitrogens is 1. The maximum Gasteiger partial charge on any atom is 0.320 e. The highest BCUT2D eigenvalue weighted by Gasteiger charge is 2.21. The normalized spacial score (nSPS) is 14.2. The number of carbonyl (C=O) groups excluding carboxylic acids is 1. The van der Waals surface area contributed by atoms with E-state index in [0.717, 1.165) is 23.0 Å². The highest BCUT2D eigenvalue weighted by molar-refractivity contribution is 7.08. The van der Waals surface area contributed by atoms with Crippen molar-refractivity contribution < 1.29 is 4.79 Å². The Kier molecular flexibility index (Phi) is 3.31. The molecule has 1 fully saturated rings. The van der Waals surface area contributed by atoms with E-state index in [-0.39, 0.29) is 6.03 Å². The maximum atomic E-state index is 11.9. The minimum Gasteiger partial charge on any atom is -0.338 e. The van der Waals surface area contributed by atoms with Crippen LogP contribution in [0.4, 0.5) is 10.6 Å². The van der Waals surface area contributed by atoms with Gasteiger partial charge >= 0.3 is 6.03 Å². The highest BCUT2D eigenvalue weighted by Crippen LogP contribution is 2.29. The van der Waals surface area contributed by atoms with E-state index >= 15 is 0 Å². The molecule has 0 spiro atoms. The topological polar surface area (TPSA) is 69.8 Å². The van der Waals surface area contributed by atoms with Crippen LogP contribution in [0.25, 0.3) is 22.0 Å². The van der Waals surface area contributed by atoms with Crippen molar-refractivity contribution in [2.75, 3.05) is 11.9 Å². The van der Waals surface area contributed by atoms with Crippen molar-refractivity contribution in [3.05, 3.63) is 35.0 Å². The van der Waals surface area contributed by atoms with Gasteiger partial charge in [-0.25, -0.2) is 4.79 Å². The van der Waals surface area contributed by atoms with Crippen LogP contribution in [0.1, 0.15) is 12.8 Å². The quantitative estimate of drug-likeness (QED) is 0.685. The molecule has 2 amide bonds. The molecule has 22 heavy (non-hydrogen) atoms. The average Bonchev–Trinajstić information content (AvgIpc) is 3.04. The van der Waals surface area contributed by atoms with Gasteiger partial charge in [0, 0.05) is 11.9 Å². The predicted molar refractivity (Wildman–Crippen MR) is 89.2 cm³/mol. The summed E-state index contributed by atoms with van der Waals surface area (Å²) in [6, 6.07) is 7.99. The molecule has 112 valence electrons. The van der Waals surface area contributed by atoms with Gasteiger partial charge in [0.25, 0.3) is 0 Å². The van der Waals surface area contributed by atoms with Gasteiger partial charge in [0.05, 0.1) is 5.52 Å². The van der Waals surface area contributed by atoms with E-state index in [1.807, 2.05) is 12.1 Å². The Labute approximate surface area is 131 Å². The third-order valence-electron chi connectivity index (χ3n) is 3.90. The lowest BCUT2D eigenvalue weighted by Gasteiger charge is -2.05. The van der Waals surface area contributed by atoms with Gasteiger partial charge in [-0.1, -0.05) is 6.07 Å². The molecular weight excluding hydrogens is 296 g/mol. The summed E-state index contributed by atoms with van der Waals surface area (Å²) in [5.41, 5.74) is 3.25. The minimum atomic E-state index is -0.192. The summed E-state index contributed by atoms with van der Waals surface area (Å²) >= 11 is 1.68. The second-order valence-electron chi connectivity index (χ2n) is 5.62. The van der Waals surface area contributed by atoms with Crippen LogP contribution in [0, 0.1) is 5.92 Å². The predicted octanol–water partition coefficient (Wildman–Crippen LogP) is 3.82. The van der Waals surface area contributed by atoms with Gasteiger partial charge in [-0.15, -0.1) is 0 Å². The van der Waals surface area contributed by atoms with Gasteiger partial charge in [-0.3, -0.25) is 10.4 Å². The fourth-order valence-electron chi connectivity index (χ4n) is 2.43. The molecule has 0 saturated heterocycles. The average molecular weight is 312 g/mol. The third kappa shape index (κ3) is 2.69. The molecule has 6 heteroatoms. The van der Waals surface area contributed by atoms with Crippen molar-refractivity contribution in [3.8, 4) is 11.1 Å². The third-order valence-corrected chi connectivity index (χ3v) is 4.58. The van der Waals surface area contributed by atoms with Crippen LogP contribution in [0.5, 0.6) is 0 Å². The Bertz CT molecular complexity index is 805. The molecule has 1 saturated carbocycles. The zero-order chi connectivity index (χ0) is 14.9. The van der Waals surface area contributed by atoms with E-state index in [4.69, 9.17) is 0 Å². The number of nitrogens with one attached hydrogen (secondary N) is 3. The fraction of sp³-hybridized carbons (Fsp3) is 0.250. The molecular formula is C16H16N4OS. The summed E-state index contributed by atoms with van der Waals surface area (Å²) in [5.74, 6) is 1.23. The van der Waals surface area contributed by atoms with Crippen molar-refractivity contribution in [2.45, 2.75) is 12.8 Å². The first kappa shape index (κ1) is 13.3. The molecule has 0 atom stereocenters. The second-order valence-corrected chi connectivity index (χ2v) is 6.40. The molecule has 2 aromatic heterocycles. The Morgan fingerprint density at radius 2 is 2.23 bits per heavy atom. The minimum absolute atomic E-state index is 0.192. The monoisotopic (exact) mass is 312 g/mol. The first-order valence-electron chi connectivity index (χ1n) is 7.35. The Morgan fingerprint density at radius 3 is 3.00 bits per heavy atom. The number of thiophene rings is 1. The first-order valence-corrected chi connectivity index (χ1v) is 8.29. The fourth-order valence-corrected chi connectivity index (χ4v) is 3.10. The SMILES string of the molecule is O=C(NCC1CC1)Nc1n[nH]c2cc(-c3ccsc3)ccc12. The van der Waals surface area contributed by atoms with Gasteiger partial charge in [0.2, 0.25) is 0 Å². The Balaban J connectivity index is 1.53.